The molecule has 7 heteroatoms. The molecule has 0 amide bonds. The molecule has 0 aliphatic carbocycles. The molecule has 7 nitrogen and oxygen atoms in total. The minimum absolute atomic E-state index is 0.619. The molecule has 1 N–H and O–H groups in total. The molecule has 3 rings (SSSR count). The van der Waals surface area contributed by atoms with E-state index in [9.17, 15) is 0 Å². The highest BCUT2D eigenvalue weighted by molar-refractivity contribution is 5.80. The van der Waals surface area contributed by atoms with Crippen LogP contribution in [0.4, 0.5) is 0 Å². The molecule has 1 unspecified atom stereocenters. The Morgan fingerprint density at radius 1 is 1.20 bits per heavy atom. The second-order valence-electron chi connectivity index (χ2n) is 7.79. The van der Waals surface area contributed by atoms with E-state index >= 15 is 0 Å². The molecular formula is C23H38N4O3. The Balaban J connectivity index is 1.51. The van der Waals surface area contributed by atoms with E-state index in [1.54, 1.807) is 7.11 Å². The maximum absolute atomic E-state index is 5.69. The summed E-state index contributed by atoms with van der Waals surface area (Å²) in [6, 6.07) is 6.81. The van der Waals surface area contributed by atoms with Gasteiger partial charge in [-0.3, -0.25) is 9.89 Å². The number of ether oxygens (including phenoxy) is 3. The number of guanidine groups is 1. The van der Waals surface area contributed by atoms with Crippen molar-refractivity contribution in [2.24, 2.45) is 4.99 Å². The number of benzene rings is 1. The summed E-state index contributed by atoms with van der Waals surface area (Å²) in [5.41, 5.74) is 1.26. The van der Waals surface area contributed by atoms with E-state index in [0.717, 1.165) is 82.8 Å². The summed E-state index contributed by atoms with van der Waals surface area (Å²) >= 11 is 0. The van der Waals surface area contributed by atoms with Crippen molar-refractivity contribution >= 4 is 5.96 Å². The number of nitrogens with zero attached hydrogens (tertiary/aromatic N) is 3. The minimum Gasteiger partial charge on any atom is -0.493 e. The van der Waals surface area contributed by atoms with Gasteiger partial charge in [0, 0.05) is 45.3 Å². The monoisotopic (exact) mass is 418 g/mol. The van der Waals surface area contributed by atoms with Crippen LogP contribution >= 0.6 is 0 Å². The topological polar surface area (TPSA) is 58.6 Å². The maximum Gasteiger partial charge on any atom is 0.193 e. The number of hydrogen-bond donors (Lipinski definition) is 1. The van der Waals surface area contributed by atoms with Crippen molar-refractivity contribution in [2.75, 3.05) is 66.2 Å². The van der Waals surface area contributed by atoms with E-state index in [1.165, 1.54) is 12.0 Å². The third-order valence-electron chi connectivity index (χ3n) is 5.77. The van der Waals surface area contributed by atoms with Gasteiger partial charge in [-0.05, 0) is 50.8 Å². The number of aryl methyl sites for hydroxylation is 1. The molecule has 2 heterocycles. The van der Waals surface area contributed by atoms with E-state index in [1.807, 2.05) is 13.0 Å². The lowest BCUT2D eigenvalue weighted by molar-refractivity contribution is 0.0195. The molecule has 168 valence electrons. The predicted octanol–water partition coefficient (Wildman–Crippen LogP) is 2.40. The van der Waals surface area contributed by atoms with Gasteiger partial charge in [0.2, 0.25) is 0 Å². The molecule has 2 aliphatic rings. The molecule has 0 bridgehead atoms. The fourth-order valence-corrected chi connectivity index (χ4v) is 4.21. The van der Waals surface area contributed by atoms with Gasteiger partial charge < -0.3 is 24.4 Å². The molecule has 0 aromatic heterocycles. The van der Waals surface area contributed by atoms with Crippen LogP contribution in [0.25, 0.3) is 0 Å². The summed E-state index contributed by atoms with van der Waals surface area (Å²) in [6.45, 7) is 12.4. The Morgan fingerprint density at radius 3 is 2.77 bits per heavy atom. The second kappa shape index (κ2) is 12.0. The van der Waals surface area contributed by atoms with Crippen LogP contribution in [-0.4, -0.2) is 88.0 Å². The lowest BCUT2D eigenvalue weighted by Crippen LogP contribution is -2.46. The summed E-state index contributed by atoms with van der Waals surface area (Å²) < 4.78 is 16.6. The largest absolute Gasteiger partial charge is 0.493 e. The van der Waals surface area contributed by atoms with Crippen molar-refractivity contribution in [3.63, 3.8) is 0 Å². The van der Waals surface area contributed by atoms with Crippen molar-refractivity contribution in [1.82, 2.24) is 15.1 Å². The Kier molecular flexibility index (Phi) is 9.08. The first-order chi connectivity index (χ1) is 14.7. The van der Waals surface area contributed by atoms with Crippen LogP contribution in [0, 0.1) is 0 Å². The number of aliphatic imine (C=N–C) groups is 1. The van der Waals surface area contributed by atoms with Crippen LogP contribution in [0.3, 0.4) is 0 Å². The van der Waals surface area contributed by atoms with Crippen LogP contribution in [0.2, 0.25) is 0 Å². The Bertz CT molecular complexity index is 676. The maximum atomic E-state index is 5.69. The molecule has 2 saturated heterocycles. The fraction of sp³-hybridized carbons (Fsp3) is 0.696. The molecule has 1 aromatic carbocycles. The van der Waals surface area contributed by atoms with Crippen molar-refractivity contribution in [2.45, 2.75) is 39.2 Å². The predicted molar refractivity (Wildman–Crippen MR) is 121 cm³/mol. The highest BCUT2D eigenvalue weighted by atomic mass is 16.5. The van der Waals surface area contributed by atoms with E-state index < -0.39 is 0 Å². The second-order valence-corrected chi connectivity index (χ2v) is 7.79. The summed E-state index contributed by atoms with van der Waals surface area (Å²) in [4.78, 5) is 9.91. The van der Waals surface area contributed by atoms with Gasteiger partial charge in [-0.1, -0.05) is 6.07 Å². The van der Waals surface area contributed by atoms with Crippen molar-refractivity contribution in [3.8, 4) is 11.5 Å². The SMILES string of the molecule is CCNC(=NCCCc1ccc(OC)c(OCC)c1)N1CCC(N2CCOCC2)C1. The fourth-order valence-electron chi connectivity index (χ4n) is 4.21. The lowest BCUT2D eigenvalue weighted by atomic mass is 10.1. The standard InChI is InChI=1S/C23H38N4O3/c1-4-24-23(27-12-10-20(18-27)26-13-15-29-16-14-26)25-11-6-7-19-8-9-21(28-3)22(17-19)30-5-2/h8-9,17,20H,4-7,10-16,18H2,1-3H3,(H,24,25). The Hall–Kier alpha value is -1.99. The molecule has 0 radical (unpaired) electrons. The van der Waals surface area contributed by atoms with Crippen LogP contribution in [0.1, 0.15) is 32.3 Å². The number of nitrogens with one attached hydrogen (secondary N) is 1. The lowest BCUT2D eigenvalue weighted by Gasteiger charge is -2.32. The highest BCUT2D eigenvalue weighted by Crippen LogP contribution is 2.28. The summed E-state index contributed by atoms with van der Waals surface area (Å²) in [7, 11) is 1.68. The minimum atomic E-state index is 0.619. The zero-order chi connectivity index (χ0) is 21.2. The number of methoxy groups -OCH3 is 1. The van der Waals surface area contributed by atoms with Gasteiger partial charge in [-0.15, -0.1) is 0 Å². The summed E-state index contributed by atoms with van der Waals surface area (Å²) in [5.74, 6) is 2.66. The number of likely N-dealkylation sites (tertiary alicyclic amines) is 1. The molecule has 0 saturated carbocycles. The van der Waals surface area contributed by atoms with Crippen molar-refractivity contribution in [1.29, 1.82) is 0 Å². The van der Waals surface area contributed by atoms with Crippen LogP contribution in [-0.2, 0) is 11.2 Å². The van der Waals surface area contributed by atoms with E-state index in [-0.39, 0.29) is 0 Å². The molecule has 30 heavy (non-hydrogen) atoms. The van der Waals surface area contributed by atoms with Crippen LogP contribution in [0.5, 0.6) is 11.5 Å². The van der Waals surface area contributed by atoms with E-state index in [4.69, 9.17) is 19.2 Å². The van der Waals surface area contributed by atoms with Crippen molar-refractivity contribution < 1.29 is 14.2 Å². The smallest absolute Gasteiger partial charge is 0.193 e. The average Bonchev–Trinajstić information content (AvgIpc) is 3.27. The Labute approximate surface area is 181 Å². The van der Waals surface area contributed by atoms with Gasteiger partial charge >= 0.3 is 0 Å². The first kappa shape index (κ1) is 22.7. The van der Waals surface area contributed by atoms with Crippen LogP contribution in [0.15, 0.2) is 23.2 Å². The summed E-state index contributed by atoms with van der Waals surface area (Å²) in [5, 5.41) is 3.48. The molecule has 1 atom stereocenters. The third-order valence-corrected chi connectivity index (χ3v) is 5.77. The normalized spacial score (nSPS) is 20.4. The number of morpholine rings is 1. The van der Waals surface area contributed by atoms with Gasteiger partial charge in [-0.2, -0.15) is 0 Å². The van der Waals surface area contributed by atoms with Gasteiger partial charge in [0.05, 0.1) is 26.9 Å². The first-order valence-electron chi connectivity index (χ1n) is 11.4. The summed E-state index contributed by atoms with van der Waals surface area (Å²) in [6.07, 6.45) is 3.19. The zero-order valence-electron chi connectivity index (χ0n) is 18.9. The highest BCUT2D eigenvalue weighted by Gasteiger charge is 2.30. The van der Waals surface area contributed by atoms with Crippen LogP contribution < -0.4 is 14.8 Å². The van der Waals surface area contributed by atoms with E-state index in [2.05, 4.69) is 34.2 Å². The first-order valence-corrected chi connectivity index (χ1v) is 11.4. The third kappa shape index (κ3) is 6.25. The molecule has 1 aromatic rings. The average molecular weight is 419 g/mol. The number of hydrogen-bond acceptors (Lipinski definition) is 5. The molecular weight excluding hydrogens is 380 g/mol. The van der Waals surface area contributed by atoms with Gasteiger partial charge in [-0.25, -0.2) is 0 Å². The van der Waals surface area contributed by atoms with E-state index in [0.29, 0.717) is 12.6 Å². The van der Waals surface area contributed by atoms with Gasteiger partial charge in [0.1, 0.15) is 0 Å². The number of rotatable bonds is 9. The molecule has 2 fully saturated rings. The Morgan fingerprint density at radius 2 is 2.03 bits per heavy atom. The zero-order valence-corrected chi connectivity index (χ0v) is 18.9. The molecule has 2 aliphatic heterocycles. The van der Waals surface area contributed by atoms with Crippen molar-refractivity contribution in [3.05, 3.63) is 23.8 Å². The van der Waals surface area contributed by atoms with Gasteiger partial charge in [0.15, 0.2) is 17.5 Å². The van der Waals surface area contributed by atoms with Gasteiger partial charge in [0.25, 0.3) is 0 Å². The quantitative estimate of drug-likeness (QED) is 0.378. The molecule has 0 spiro atoms.